The van der Waals surface area contributed by atoms with Crippen LogP contribution in [0.4, 0.5) is 0 Å². The van der Waals surface area contributed by atoms with Crippen molar-refractivity contribution in [1.82, 2.24) is 0 Å². The highest BCUT2D eigenvalue weighted by Gasteiger charge is 2.11. The Morgan fingerprint density at radius 2 is 0.857 bits per heavy atom. The Bertz CT molecular complexity index is 1310. The predicted molar refractivity (Wildman–Crippen MR) is 150 cm³/mol. The number of aryl methyl sites for hydroxylation is 1. The predicted octanol–water partition coefficient (Wildman–Crippen LogP) is 9.31. The first-order valence-corrected chi connectivity index (χ1v) is 12.0. The van der Waals surface area contributed by atoms with Gasteiger partial charge in [-0.3, -0.25) is 0 Å². The van der Waals surface area contributed by atoms with Gasteiger partial charge in [0, 0.05) is 0 Å². The molecule has 0 aliphatic rings. The molecule has 0 bridgehead atoms. The second kappa shape index (κ2) is 11.4. The van der Waals surface area contributed by atoms with Gasteiger partial charge in [0.05, 0.1) is 7.11 Å². The summed E-state index contributed by atoms with van der Waals surface area (Å²) in [7, 11) is 1.72. The van der Waals surface area contributed by atoms with Crippen LogP contribution in [0.25, 0.3) is 33.4 Å². The average Bonchev–Trinajstić information content (AvgIpc) is 2.92. The van der Waals surface area contributed by atoms with E-state index in [2.05, 4.69) is 130 Å². The quantitative estimate of drug-likeness (QED) is 0.262. The Morgan fingerprint density at radius 3 is 1.29 bits per heavy atom. The Morgan fingerprint density at radius 1 is 0.429 bits per heavy atom. The highest BCUT2D eigenvalue weighted by Crippen LogP contribution is 2.35. The molecule has 1 heteroatoms. The SMILES string of the molecule is COc1cc(-c2ccccc2)c(C)c(-c2ccccc2)c1.Cc1cccc(-c2ccccc2)c1C. The highest BCUT2D eigenvalue weighted by molar-refractivity contribution is 5.80. The first kappa shape index (κ1) is 24.0. The lowest BCUT2D eigenvalue weighted by molar-refractivity contribution is 0.415. The third-order valence-electron chi connectivity index (χ3n) is 6.48. The lowest BCUT2D eigenvalue weighted by Crippen LogP contribution is -1.92. The molecule has 35 heavy (non-hydrogen) atoms. The average molecular weight is 457 g/mol. The summed E-state index contributed by atoms with van der Waals surface area (Å²) in [5.41, 5.74) is 11.5. The number of hydrogen-bond acceptors (Lipinski definition) is 1. The molecule has 5 aromatic rings. The molecule has 0 saturated carbocycles. The molecule has 0 heterocycles. The van der Waals surface area contributed by atoms with Crippen molar-refractivity contribution < 1.29 is 4.74 Å². The van der Waals surface area contributed by atoms with Crippen molar-refractivity contribution in [2.45, 2.75) is 20.8 Å². The van der Waals surface area contributed by atoms with Crippen molar-refractivity contribution in [1.29, 1.82) is 0 Å². The molecule has 0 fully saturated rings. The van der Waals surface area contributed by atoms with Gasteiger partial charge in [-0.25, -0.2) is 0 Å². The van der Waals surface area contributed by atoms with Gasteiger partial charge in [0.25, 0.3) is 0 Å². The van der Waals surface area contributed by atoms with Crippen LogP contribution in [-0.4, -0.2) is 7.11 Å². The van der Waals surface area contributed by atoms with Crippen molar-refractivity contribution in [3.05, 3.63) is 138 Å². The van der Waals surface area contributed by atoms with Crippen LogP contribution in [0.1, 0.15) is 16.7 Å². The van der Waals surface area contributed by atoms with Crippen molar-refractivity contribution in [2.75, 3.05) is 7.11 Å². The molecule has 0 N–H and O–H groups in total. The van der Waals surface area contributed by atoms with Gasteiger partial charge in [-0.1, -0.05) is 109 Å². The van der Waals surface area contributed by atoms with E-state index in [4.69, 9.17) is 4.74 Å². The van der Waals surface area contributed by atoms with Crippen LogP contribution in [0.2, 0.25) is 0 Å². The van der Waals surface area contributed by atoms with E-state index < -0.39 is 0 Å². The molecule has 0 aromatic heterocycles. The zero-order valence-electron chi connectivity index (χ0n) is 21.0. The molecule has 0 aliphatic heterocycles. The number of benzene rings is 5. The molecule has 0 radical (unpaired) electrons. The van der Waals surface area contributed by atoms with Crippen LogP contribution < -0.4 is 4.74 Å². The van der Waals surface area contributed by atoms with Crippen LogP contribution in [0.15, 0.2) is 121 Å². The van der Waals surface area contributed by atoms with Gasteiger partial charge in [-0.05, 0) is 83.0 Å². The van der Waals surface area contributed by atoms with E-state index in [1.165, 1.54) is 50.1 Å². The van der Waals surface area contributed by atoms with Crippen molar-refractivity contribution >= 4 is 0 Å². The van der Waals surface area contributed by atoms with Crippen LogP contribution in [0.5, 0.6) is 5.75 Å². The minimum atomic E-state index is 0.887. The van der Waals surface area contributed by atoms with E-state index in [1.807, 2.05) is 12.1 Å². The molecule has 0 aliphatic carbocycles. The molecule has 0 unspecified atom stereocenters. The Balaban J connectivity index is 0.000000179. The van der Waals surface area contributed by atoms with E-state index >= 15 is 0 Å². The maximum Gasteiger partial charge on any atom is 0.120 e. The molecule has 174 valence electrons. The largest absolute Gasteiger partial charge is 0.497 e. The van der Waals surface area contributed by atoms with Crippen LogP contribution >= 0.6 is 0 Å². The van der Waals surface area contributed by atoms with Gasteiger partial charge < -0.3 is 4.74 Å². The number of rotatable bonds is 4. The molecule has 1 nitrogen and oxygen atoms in total. The Kier molecular flexibility index (Phi) is 7.80. The normalized spacial score (nSPS) is 10.3. The number of methoxy groups -OCH3 is 1. The minimum absolute atomic E-state index is 0.887. The summed E-state index contributed by atoms with van der Waals surface area (Å²) >= 11 is 0. The fourth-order valence-electron chi connectivity index (χ4n) is 4.32. The summed E-state index contributed by atoms with van der Waals surface area (Å²) < 4.78 is 5.49. The van der Waals surface area contributed by atoms with E-state index in [1.54, 1.807) is 7.11 Å². The van der Waals surface area contributed by atoms with Gasteiger partial charge in [-0.2, -0.15) is 0 Å². The Hall–Kier alpha value is -4.10. The molecular weight excluding hydrogens is 424 g/mol. The van der Waals surface area contributed by atoms with Crippen molar-refractivity contribution in [3.8, 4) is 39.1 Å². The maximum atomic E-state index is 5.49. The second-order valence-corrected chi connectivity index (χ2v) is 8.69. The summed E-state index contributed by atoms with van der Waals surface area (Å²) in [5.74, 6) is 0.887. The van der Waals surface area contributed by atoms with Crippen molar-refractivity contribution in [2.24, 2.45) is 0 Å². The van der Waals surface area contributed by atoms with Gasteiger partial charge in [0.1, 0.15) is 5.75 Å². The van der Waals surface area contributed by atoms with Crippen molar-refractivity contribution in [3.63, 3.8) is 0 Å². The summed E-state index contributed by atoms with van der Waals surface area (Å²) in [4.78, 5) is 0. The first-order valence-electron chi connectivity index (χ1n) is 12.0. The monoisotopic (exact) mass is 456 g/mol. The van der Waals surface area contributed by atoms with Crippen LogP contribution in [0.3, 0.4) is 0 Å². The van der Waals surface area contributed by atoms with E-state index in [9.17, 15) is 0 Å². The molecular formula is C34H32O. The summed E-state index contributed by atoms with van der Waals surface area (Å²) in [6.07, 6.45) is 0. The highest BCUT2D eigenvalue weighted by atomic mass is 16.5. The molecule has 5 rings (SSSR count). The Labute approximate surface area is 209 Å². The fraction of sp³-hybridized carbons (Fsp3) is 0.118. The summed E-state index contributed by atoms with van der Waals surface area (Å²) in [6, 6.07) is 42.1. The summed E-state index contributed by atoms with van der Waals surface area (Å²) in [5, 5.41) is 0. The lowest BCUT2D eigenvalue weighted by atomic mass is 9.92. The molecule has 0 amide bonds. The van der Waals surface area contributed by atoms with E-state index in [0.717, 1.165) is 5.75 Å². The van der Waals surface area contributed by atoms with Gasteiger partial charge in [0.15, 0.2) is 0 Å². The third kappa shape index (κ3) is 5.70. The second-order valence-electron chi connectivity index (χ2n) is 8.69. The van der Waals surface area contributed by atoms with Gasteiger partial charge in [-0.15, -0.1) is 0 Å². The van der Waals surface area contributed by atoms with Gasteiger partial charge >= 0.3 is 0 Å². The van der Waals surface area contributed by atoms with Gasteiger partial charge in [0.2, 0.25) is 0 Å². The third-order valence-corrected chi connectivity index (χ3v) is 6.48. The first-order chi connectivity index (χ1) is 17.1. The zero-order chi connectivity index (χ0) is 24.6. The number of hydrogen-bond donors (Lipinski definition) is 0. The minimum Gasteiger partial charge on any atom is -0.497 e. The number of ether oxygens (including phenoxy) is 1. The topological polar surface area (TPSA) is 9.23 Å². The van der Waals surface area contributed by atoms with Crippen LogP contribution in [0, 0.1) is 20.8 Å². The fourth-order valence-corrected chi connectivity index (χ4v) is 4.32. The summed E-state index contributed by atoms with van der Waals surface area (Å²) in [6.45, 7) is 6.50. The lowest BCUT2D eigenvalue weighted by Gasteiger charge is -2.14. The van der Waals surface area contributed by atoms with E-state index in [0.29, 0.717) is 0 Å². The van der Waals surface area contributed by atoms with E-state index in [-0.39, 0.29) is 0 Å². The standard InChI is InChI=1S/C20H18O.C14H14/c1-15-19(16-9-5-3-6-10-16)13-18(21-2)14-20(15)17-11-7-4-8-12-17;1-11-7-6-10-14(12(11)2)13-8-4-3-5-9-13/h3-14H,1-2H3;3-10H,1-2H3. The van der Waals surface area contributed by atoms with Crippen LogP contribution in [-0.2, 0) is 0 Å². The zero-order valence-corrected chi connectivity index (χ0v) is 21.0. The maximum absolute atomic E-state index is 5.49. The molecule has 0 saturated heterocycles. The molecule has 0 atom stereocenters. The molecule has 0 spiro atoms. The molecule has 5 aromatic carbocycles. The smallest absolute Gasteiger partial charge is 0.120 e.